The van der Waals surface area contributed by atoms with E-state index in [1.807, 2.05) is 0 Å². The highest BCUT2D eigenvalue weighted by atomic mass is 32.1. The maximum Gasteiger partial charge on any atom is 0.310 e. The van der Waals surface area contributed by atoms with Crippen molar-refractivity contribution in [3.63, 3.8) is 0 Å². The lowest BCUT2D eigenvalue weighted by atomic mass is 10.3. The van der Waals surface area contributed by atoms with Gasteiger partial charge in [0.05, 0.1) is 9.80 Å². The molecule has 0 bridgehead atoms. The van der Waals surface area contributed by atoms with Crippen molar-refractivity contribution in [2.75, 3.05) is 5.32 Å². The molecule has 0 aliphatic heterocycles. The molecule has 0 atom stereocenters. The molecule has 0 radical (unpaired) electrons. The largest absolute Gasteiger partial charge is 0.482 e. The van der Waals surface area contributed by atoms with Crippen molar-refractivity contribution < 1.29 is 14.5 Å². The molecule has 2 aromatic heterocycles. The number of aromatic nitrogens is 1. The predicted molar refractivity (Wildman–Crippen MR) is 93.9 cm³/mol. The van der Waals surface area contributed by atoms with Crippen molar-refractivity contribution in [2.24, 2.45) is 0 Å². The number of pyridine rings is 1. The molecular weight excluding hydrogens is 342 g/mol. The van der Waals surface area contributed by atoms with Crippen molar-refractivity contribution in [3.8, 4) is 5.75 Å². The summed E-state index contributed by atoms with van der Waals surface area (Å²) in [4.78, 5) is 27.2. The third-order valence-electron chi connectivity index (χ3n) is 3.24. The van der Waals surface area contributed by atoms with E-state index in [-0.39, 0.29) is 24.0 Å². The van der Waals surface area contributed by atoms with Crippen molar-refractivity contribution >= 4 is 28.7 Å². The minimum Gasteiger partial charge on any atom is -0.482 e. The van der Waals surface area contributed by atoms with Crippen molar-refractivity contribution in [1.29, 1.82) is 0 Å². The summed E-state index contributed by atoms with van der Waals surface area (Å²) in [5.41, 5.74) is 0.667. The van der Waals surface area contributed by atoms with E-state index >= 15 is 0 Å². The zero-order valence-electron chi connectivity index (χ0n) is 12.9. The molecule has 3 aromatic rings. The maximum absolute atomic E-state index is 12.2. The van der Waals surface area contributed by atoms with Crippen LogP contribution in [0.15, 0.2) is 60.1 Å². The van der Waals surface area contributed by atoms with E-state index in [4.69, 9.17) is 4.74 Å². The topological polar surface area (TPSA) is 94.4 Å². The molecule has 1 amide bonds. The van der Waals surface area contributed by atoms with Gasteiger partial charge in [-0.15, -0.1) is 11.3 Å². The number of nitro groups is 1. The molecular formula is C17H13N3O4S. The molecule has 7 nitrogen and oxygen atoms in total. The molecule has 0 spiro atoms. The lowest BCUT2D eigenvalue weighted by Crippen LogP contribution is -2.11. The number of thiophene rings is 1. The number of nitrogens with zero attached hydrogens (tertiary/aromatic N) is 2. The van der Waals surface area contributed by atoms with E-state index in [1.165, 1.54) is 17.4 Å². The summed E-state index contributed by atoms with van der Waals surface area (Å²) in [6.45, 7) is 0.137. The van der Waals surface area contributed by atoms with Gasteiger partial charge in [0.1, 0.15) is 12.4 Å². The van der Waals surface area contributed by atoms with Gasteiger partial charge in [0.2, 0.25) is 0 Å². The molecule has 1 aromatic carbocycles. The van der Waals surface area contributed by atoms with E-state index in [9.17, 15) is 14.9 Å². The normalized spacial score (nSPS) is 10.2. The quantitative estimate of drug-likeness (QED) is 0.535. The first kappa shape index (κ1) is 16.6. The molecule has 0 unspecified atom stereocenters. The minimum atomic E-state index is -0.491. The van der Waals surface area contributed by atoms with E-state index in [1.54, 1.807) is 54.0 Å². The predicted octanol–water partition coefficient (Wildman–Crippen LogP) is 3.88. The van der Waals surface area contributed by atoms with Crippen LogP contribution in [0.3, 0.4) is 0 Å². The Kier molecular flexibility index (Phi) is 5.00. The summed E-state index contributed by atoms with van der Waals surface area (Å²) in [6, 6.07) is 13.1. The Morgan fingerprint density at radius 1 is 1.24 bits per heavy atom. The number of anilines is 1. The Morgan fingerprint density at radius 3 is 2.80 bits per heavy atom. The maximum atomic E-state index is 12.2. The van der Waals surface area contributed by atoms with E-state index in [2.05, 4.69) is 10.3 Å². The molecule has 8 heteroatoms. The first-order chi connectivity index (χ1) is 12.1. The van der Waals surface area contributed by atoms with Gasteiger partial charge >= 0.3 is 5.69 Å². The highest BCUT2D eigenvalue weighted by molar-refractivity contribution is 7.12. The first-order valence-electron chi connectivity index (χ1n) is 7.29. The number of nitro benzene ring substituents is 1. The average molecular weight is 355 g/mol. The summed E-state index contributed by atoms with van der Waals surface area (Å²) in [6.07, 6.45) is 1.59. The molecule has 0 aliphatic carbocycles. The second-order valence-corrected chi connectivity index (χ2v) is 5.91. The minimum absolute atomic E-state index is 0.0918. The number of hydrogen-bond donors (Lipinski definition) is 1. The monoisotopic (exact) mass is 355 g/mol. The van der Waals surface area contributed by atoms with Crippen molar-refractivity contribution in [1.82, 2.24) is 4.98 Å². The fourth-order valence-electron chi connectivity index (χ4n) is 2.08. The number of carbonyl (C=O) groups excluding carboxylic acids is 1. The van der Waals surface area contributed by atoms with E-state index in [0.29, 0.717) is 10.7 Å². The Balaban J connectivity index is 1.64. The van der Waals surface area contributed by atoms with Gasteiger partial charge in [-0.3, -0.25) is 14.9 Å². The van der Waals surface area contributed by atoms with Gasteiger partial charge in [0.15, 0.2) is 5.75 Å². The number of amides is 1. The Bertz CT molecular complexity index is 896. The fourth-order valence-corrected chi connectivity index (χ4v) is 2.87. The van der Waals surface area contributed by atoms with Gasteiger partial charge in [0, 0.05) is 17.8 Å². The van der Waals surface area contributed by atoms with Crippen LogP contribution in [0.4, 0.5) is 11.5 Å². The van der Waals surface area contributed by atoms with Crippen molar-refractivity contribution in [3.05, 3.63) is 80.7 Å². The van der Waals surface area contributed by atoms with Gasteiger partial charge in [-0.1, -0.05) is 18.2 Å². The summed E-state index contributed by atoms with van der Waals surface area (Å²) < 4.78 is 5.52. The smallest absolute Gasteiger partial charge is 0.310 e. The second kappa shape index (κ2) is 7.54. The Morgan fingerprint density at radius 2 is 2.04 bits per heavy atom. The van der Waals surface area contributed by atoms with Crippen molar-refractivity contribution in [2.45, 2.75) is 6.61 Å². The van der Waals surface area contributed by atoms with Gasteiger partial charge in [-0.25, -0.2) is 4.98 Å². The number of para-hydroxylation sites is 2. The van der Waals surface area contributed by atoms with E-state index in [0.717, 1.165) is 5.56 Å². The van der Waals surface area contributed by atoms with Crippen LogP contribution in [0.1, 0.15) is 15.2 Å². The molecule has 25 heavy (non-hydrogen) atoms. The summed E-state index contributed by atoms with van der Waals surface area (Å²) in [7, 11) is 0. The highest BCUT2D eigenvalue weighted by Crippen LogP contribution is 2.27. The van der Waals surface area contributed by atoms with Crippen LogP contribution in [0, 0.1) is 10.1 Å². The number of carbonyl (C=O) groups is 1. The van der Waals surface area contributed by atoms with Gasteiger partial charge < -0.3 is 10.1 Å². The van der Waals surface area contributed by atoms with Crippen LogP contribution < -0.4 is 10.1 Å². The lowest BCUT2D eigenvalue weighted by Gasteiger charge is -2.05. The number of nitrogens with one attached hydrogen (secondary N) is 1. The molecule has 0 saturated carbocycles. The summed E-state index contributed by atoms with van der Waals surface area (Å²) >= 11 is 1.27. The van der Waals surface area contributed by atoms with Crippen LogP contribution in [-0.4, -0.2) is 15.8 Å². The van der Waals surface area contributed by atoms with Gasteiger partial charge in [0.25, 0.3) is 5.91 Å². The number of benzene rings is 1. The van der Waals surface area contributed by atoms with Gasteiger partial charge in [-0.2, -0.15) is 0 Å². The number of hydrogen-bond acceptors (Lipinski definition) is 6. The first-order valence-corrected chi connectivity index (χ1v) is 8.17. The number of ether oxygens (including phenoxy) is 1. The molecule has 0 aliphatic rings. The van der Waals surface area contributed by atoms with Gasteiger partial charge in [-0.05, 0) is 29.6 Å². The van der Waals surface area contributed by atoms with Crippen LogP contribution in [0.25, 0.3) is 0 Å². The van der Waals surface area contributed by atoms with Crippen LogP contribution >= 0.6 is 11.3 Å². The fraction of sp³-hybridized carbons (Fsp3) is 0.0588. The Hall–Kier alpha value is -3.26. The highest BCUT2D eigenvalue weighted by Gasteiger charge is 2.15. The van der Waals surface area contributed by atoms with E-state index < -0.39 is 4.92 Å². The molecule has 0 saturated heterocycles. The molecule has 126 valence electrons. The zero-order chi connectivity index (χ0) is 17.6. The summed E-state index contributed by atoms with van der Waals surface area (Å²) in [5, 5.41) is 15.4. The Labute approximate surface area is 147 Å². The molecule has 2 heterocycles. The van der Waals surface area contributed by atoms with Crippen LogP contribution in [-0.2, 0) is 6.61 Å². The van der Waals surface area contributed by atoms with Crippen LogP contribution in [0.5, 0.6) is 5.75 Å². The standard InChI is InChI=1S/C17H13N3O4S/c21-17(19-16-7-3-4-8-18-16)15-9-12(11-25-15)10-24-14-6-2-1-5-13(14)20(22)23/h1-9,11H,10H2,(H,18,19,21). The average Bonchev–Trinajstić information content (AvgIpc) is 3.10. The summed E-state index contributed by atoms with van der Waals surface area (Å²) in [5.74, 6) is 0.400. The molecule has 3 rings (SSSR count). The third-order valence-corrected chi connectivity index (χ3v) is 4.22. The van der Waals surface area contributed by atoms with Crippen LogP contribution in [0.2, 0.25) is 0 Å². The number of rotatable bonds is 6. The molecule has 0 fully saturated rings. The third kappa shape index (κ3) is 4.18. The molecule has 1 N–H and O–H groups in total. The lowest BCUT2D eigenvalue weighted by molar-refractivity contribution is -0.385. The second-order valence-electron chi connectivity index (χ2n) is 5.00. The zero-order valence-corrected chi connectivity index (χ0v) is 13.7. The SMILES string of the molecule is O=C(Nc1ccccn1)c1cc(COc2ccccc2[N+](=O)[O-])cs1.